The first-order chi connectivity index (χ1) is 8.87. The third kappa shape index (κ3) is 3.69. The fourth-order valence-corrected chi connectivity index (χ4v) is 2.65. The van der Waals surface area contributed by atoms with Crippen molar-refractivity contribution in [3.05, 3.63) is 29.6 Å². The molecule has 1 aliphatic carbocycles. The van der Waals surface area contributed by atoms with E-state index < -0.39 is 0 Å². The molecular formula is C16H24FNO. The monoisotopic (exact) mass is 265 g/mol. The summed E-state index contributed by atoms with van der Waals surface area (Å²) in [6.07, 6.45) is 4.69. The summed E-state index contributed by atoms with van der Waals surface area (Å²) in [6.45, 7) is 6.45. The Kier molecular flexibility index (Phi) is 4.14. The highest BCUT2D eigenvalue weighted by Crippen LogP contribution is 2.37. The van der Waals surface area contributed by atoms with Gasteiger partial charge in [0.1, 0.15) is 11.6 Å². The number of nitrogens with two attached hydrogens (primary N) is 1. The minimum atomic E-state index is -0.260. The molecule has 0 heterocycles. The SMILES string of the molecule is C[C@H](N)c1cc(F)ccc1OC1CCC(C)(C)CC1. The van der Waals surface area contributed by atoms with Crippen LogP contribution in [0.5, 0.6) is 5.75 Å². The maximum absolute atomic E-state index is 13.3. The molecule has 0 spiro atoms. The zero-order valence-electron chi connectivity index (χ0n) is 12.1. The number of hydrogen-bond donors (Lipinski definition) is 1. The highest BCUT2D eigenvalue weighted by Gasteiger charge is 2.28. The molecule has 0 aromatic heterocycles. The van der Waals surface area contributed by atoms with Gasteiger partial charge in [-0.3, -0.25) is 0 Å². The molecule has 2 N–H and O–H groups in total. The van der Waals surface area contributed by atoms with E-state index in [1.807, 2.05) is 6.92 Å². The van der Waals surface area contributed by atoms with Crippen molar-refractivity contribution in [2.75, 3.05) is 0 Å². The molecule has 0 aliphatic heterocycles. The maximum atomic E-state index is 13.3. The Balaban J connectivity index is 2.07. The fourth-order valence-electron chi connectivity index (χ4n) is 2.65. The van der Waals surface area contributed by atoms with Crippen LogP contribution in [0.25, 0.3) is 0 Å². The van der Waals surface area contributed by atoms with Gasteiger partial charge in [0.2, 0.25) is 0 Å². The molecule has 1 fully saturated rings. The number of hydrogen-bond acceptors (Lipinski definition) is 2. The normalized spacial score (nSPS) is 21.1. The summed E-state index contributed by atoms with van der Waals surface area (Å²) < 4.78 is 19.3. The molecule has 0 saturated heterocycles. The standard InChI is InChI=1S/C16H24FNO/c1-11(18)14-10-12(17)4-5-15(14)19-13-6-8-16(2,3)9-7-13/h4-5,10-11,13H,6-9,18H2,1-3H3/t11-/m0/s1. The molecule has 19 heavy (non-hydrogen) atoms. The Bertz CT molecular complexity index is 432. The van der Waals surface area contributed by atoms with Crippen molar-refractivity contribution in [2.45, 2.75) is 58.6 Å². The number of halogens is 1. The van der Waals surface area contributed by atoms with Crippen LogP contribution in [-0.2, 0) is 0 Å². The molecule has 0 unspecified atom stereocenters. The Morgan fingerprint density at radius 3 is 2.53 bits per heavy atom. The lowest BCUT2D eigenvalue weighted by molar-refractivity contribution is 0.0976. The van der Waals surface area contributed by atoms with Gasteiger partial charge in [-0.1, -0.05) is 13.8 Å². The van der Waals surface area contributed by atoms with Gasteiger partial charge in [-0.2, -0.15) is 0 Å². The first-order valence-corrected chi connectivity index (χ1v) is 7.09. The van der Waals surface area contributed by atoms with Crippen molar-refractivity contribution < 1.29 is 9.13 Å². The first-order valence-electron chi connectivity index (χ1n) is 7.09. The molecule has 1 saturated carbocycles. The Morgan fingerprint density at radius 1 is 1.32 bits per heavy atom. The summed E-state index contributed by atoms with van der Waals surface area (Å²) in [7, 11) is 0. The first kappa shape index (κ1) is 14.3. The number of rotatable bonds is 3. The van der Waals surface area contributed by atoms with Gasteiger partial charge in [0, 0.05) is 11.6 Å². The lowest BCUT2D eigenvalue weighted by Crippen LogP contribution is -2.28. The Morgan fingerprint density at radius 2 is 1.95 bits per heavy atom. The van der Waals surface area contributed by atoms with Crippen LogP contribution in [0.4, 0.5) is 4.39 Å². The van der Waals surface area contributed by atoms with Crippen molar-refractivity contribution in [1.29, 1.82) is 0 Å². The van der Waals surface area contributed by atoms with Gasteiger partial charge in [0.05, 0.1) is 6.10 Å². The van der Waals surface area contributed by atoms with E-state index in [-0.39, 0.29) is 18.0 Å². The fraction of sp³-hybridized carbons (Fsp3) is 0.625. The summed E-state index contributed by atoms with van der Waals surface area (Å²) in [5, 5.41) is 0. The van der Waals surface area contributed by atoms with E-state index in [4.69, 9.17) is 10.5 Å². The Hall–Kier alpha value is -1.09. The van der Waals surface area contributed by atoms with Crippen molar-refractivity contribution >= 4 is 0 Å². The molecule has 1 aliphatic rings. The highest BCUT2D eigenvalue weighted by atomic mass is 19.1. The molecule has 0 radical (unpaired) electrons. The quantitative estimate of drug-likeness (QED) is 0.889. The van der Waals surface area contributed by atoms with E-state index in [0.29, 0.717) is 5.41 Å². The second-order valence-electron chi connectivity index (χ2n) is 6.45. The van der Waals surface area contributed by atoms with Crippen molar-refractivity contribution in [3.63, 3.8) is 0 Å². The van der Waals surface area contributed by atoms with Crippen molar-refractivity contribution in [3.8, 4) is 5.75 Å². The smallest absolute Gasteiger partial charge is 0.124 e. The number of ether oxygens (including phenoxy) is 1. The summed E-state index contributed by atoms with van der Waals surface area (Å²) >= 11 is 0. The molecule has 1 aromatic rings. The van der Waals surface area contributed by atoms with Gasteiger partial charge in [0.25, 0.3) is 0 Å². The van der Waals surface area contributed by atoms with Gasteiger partial charge in [-0.25, -0.2) is 4.39 Å². The number of benzene rings is 1. The molecule has 106 valence electrons. The molecule has 0 bridgehead atoms. The minimum Gasteiger partial charge on any atom is -0.490 e. The topological polar surface area (TPSA) is 35.2 Å². The van der Waals surface area contributed by atoms with Crippen molar-refractivity contribution in [1.82, 2.24) is 0 Å². The van der Waals surface area contributed by atoms with E-state index >= 15 is 0 Å². The van der Waals surface area contributed by atoms with Gasteiger partial charge in [0.15, 0.2) is 0 Å². The maximum Gasteiger partial charge on any atom is 0.124 e. The predicted octanol–water partition coefficient (Wildman–Crippen LogP) is 4.19. The average molecular weight is 265 g/mol. The van der Waals surface area contributed by atoms with Gasteiger partial charge in [-0.05, 0) is 56.2 Å². The van der Waals surface area contributed by atoms with Crippen LogP contribution in [0.1, 0.15) is 58.1 Å². The lowest BCUT2D eigenvalue weighted by Gasteiger charge is -2.34. The van der Waals surface area contributed by atoms with Crippen LogP contribution in [0.2, 0.25) is 0 Å². The molecule has 1 atom stereocenters. The lowest BCUT2D eigenvalue weighted by atomic mass is 9.76. The van der Waals surface area contributed by atoms with Gasteiger partial charge in [-0.15, -0.1) is 0 Å². The predicted molar refractivity (Wildman–Crippen MR) is 75.7 cm³/mol. The van der Waals surface area contributed by atoms with E-state index in [2.05, 4.69) is 13.8 Å². The van der Waals surface area contributed by atoms with E-state index in [9.17, 15) is 4.39 Å². The van der Waals surface area contributed by atoms with Crippen LogP contribution < -0.4 is 10.5 Å². The van der Waals surface area contributed by atoms with Crippen LogP contribution in [-0.4, -0.2) is 6.10 Å². The van der Waals surface area contributed by atoms with Crippen LogP contribution >= 0.6 is 0 Å². The van der Waals surface area contributed by atoms with Crippen LogP contribution in [0.15, 0.2) is 18.2 Å². The zero-order valence-corrected chi connectivity index (χ0v) is 12.1. The van der Waals surface area contributed by atoms with Gasteiger partial charge >= 0.3 is 0 Å². The van der Waals surface area contributed by atoms with E-state index in [0.717, 1.165) is 24.2 Å². The second-order valence-corrected chi connectivity index (χ2v) is 6.45. The van der Waals surface area contributed by atoms with E-state index in [1.165, 1.54) is 25.0 Å². The summed E-state index contributed by atoms with van der Waals surface area (Å²) in [6, 6.07) is 4.40. The molecule has 2 rings (SSSR count). The van der Waals surface area contributed by atoms with Crippen LogP contribution in [0.3, 0.4) is 0 Å². The third-order valence-electron chi connectivity index (χ3n) is 4.04. The van der Waals surface area contributed by atoms with Gasteiger partial charge < -0.3 is 10.5 Å². The molecule has 1 aromatic carbocycles. The largest absolute Gasteiger partial charge is 0.490 e. The molecular weight excluding hydrogens is 241 g/mol. The highest BCUT2D eigenvalue weighted by molar-refractivity contribution is 5.36. The molecule has 0 amide bonds. The zero-order chi connectivity index (χ0) is 14.0. The molecule has 3 heteroatoms. The summed E-state index contributed by atoms with van der Waals surface area (Å²) in [5.41, 5.74) is 7.06. The summed E-state index contributed by atoms with van der Waals surface area (Å²) in [5.74, 6) is 0.477. The second kappa shape index (κ2) is 5.49. The average Bonchev–Trinajstić information content (AvgIpc) is 2.33. The third-order valence-corrected chi connectivity index (χ3v) is 4.04. The Labute approximate surface area is 115 Å². The van der Waals surface area contributed by atoms with E-state index in [1.54, 1.807) is 6.07 Å². The summed E-state index contributed by atoms with van der Waals surface area (Å²) in [4.78, 5) is 0. The van der Waals surface area contributed by atoms with Crippen LogP contribution in [0, 0.1) is 11.2 Å². The van der Waals surface area contributed by atoms with Crippen molar-refractivity contribution in [2.24, 2.45) is 11.1 Å². The molecule has 2 nitrogen and oxygen atoms in total. The minimum absolute atomic E-state index is 0.217.